The minimum absolute atomic E-state index is 0.165. The van der Waals surface area contributed by atoms with Crippen molar-refractivity contribution in [2.45, 2.75) is 117 Å². The smallest absolute Gasteiger partial charge is 0.223 e. The predicted molar refractivity (Wildman–Crippen MR) is 97.9 cm³/mol. The van der Waals surface area contributed by atoms with Crippen LogP contribution in [0.5, 0.6) is 0 Å². The molecule has 0 heterocycles. The number of unbranched alkanes of at least 4 members (excludes halogenated alkanes) is 13. The molecule has 2 nitrogen and oxygen atoms in total. The van der Waals surface area contributed by atoms with E-state index in [1.54, 1.807) is 0 Å². The summed E-state index contributed by atoms with van der Waals surface area (Å²) in [7, 11) is 0. The van der Waals surface area contributed by atoms with Crippen molar-refractivity contribution in [3.63, 3.8) is 0 Å². The van der Waals surface area contributed by atoms with Crippen LogP contribution in [0.4, 0.5) is 0 Å². The Bertz CT molecular complexity index is 260. The normalized spacial score (nSPS) is 11.8. The van der Waals surface area contributed by atoms with E-state index in [2.05, 4.69) is 6.92 Å². The van der Waals surface area contributed by atoms with Gasteiger partial charge in [-0.05, 0) is 6.42 Å². The van der Waals surface area contributed by atoms with Crippen molar-refractivity contribution in [1.29, 1.82) is 0 Å². The first-order valence-electron chi connectivity index (χ1n) is 9.80. The average Bonchev–Trinajstić information content (AvgIpc) is 2.47. The van der Waals surface area contributed by atoms with E-state index in [0.717, 1.165) is 12.8 Å². The molecular weight excluding hydrogens is 270 g/mol. The van der Waals surface area contributed by atoms with Gasteiger partial charge in [-0.15, -0.1) is 0 Å². The van der Waals surface area contributed by atoms with Crippen molar-refractivity contribution >= 4 is 5.91 Å². The van der Waals surface area contributed by atoms with Crippen LogP contribution in [-0.4, -0.2) is 5.91 Å². The highest BCUT2D eigenvalue weighted by Gasteiger charge is 2.23. The summed E-state index contributed by atoms with van der Waals surface area (Å²) < 4.78 is 0. The molecule has 0 spiro atoms. The zero-order valence-electron chi connectivity index (χ0n) is 15.6. The van der Waals surface area contributed by atoms with Gasteiger partial charge in [0.1, 0.15) is 0 Å². The van der Waals surface area contributed by atoms with Crippen LogP contribution < -0.4 is 5.73 Å². The molecule has 0 aliphatic rings. The molecule has 0 saturated carbocycles. The van der Waals surface area contributed by atoms with E-state index in [-0.39, 0.29) is 11.3 Å². The summed E-state index contributed by atoms with van der Waals surface area (Å²) in [5, 5.41) is 0. The second-order valence-corrected chi connectivity index (χ2v) is 7.59. The molecular formula is C20H41NO. The molecule has 0 fully saturated rings. The lowest BCUT2D eigenvalue weighted by Gasteiger charge is -2.19. The lowest BCUT2D eigenvalue weighted by atomic mass is 9.86. The van der Waals surface area contributed by atoms with Crippen LogP contribution in [0.15, 0.2) is 0 Å². The Labute approximate surface area is 139 Å². The van der Waals surface area contributed by atoms with Gasteiger partial charge in [0, 0.05) is 5.41 Å². The fourth-order valence-corrected chi connectivity index (χ4v) is 2.88. The molecule has 0 bridgehead atoms. The molecule has 0 aromatic rings. The fraction of sp³-hybridized carbons (Fsp3) is 0.950. The Hall–Kier alpha value is -0.530. The highest BCUT2D eigenvalue weighted by Crippen LogP contribution is 2.23. The van der Waals surface area contributed by atoms with E-state index in [4.69, 9.17) is 5.73 Å². The summed E-state index contributed by atoms with van der Waals surface area (Å²) in [6.07, 6.45) is 20.1. The monoisotopic (exact) mass is 311 g/mol. The van der Waals surface area contributed by atoms with Crippen molar-refractivity contribution in [1.82, 2.24) is 0 Å². The molecule has 22 heavy (non-hydrogen) atoms. The quantitative estimate of drug-likeness (QED) is 0.331. The van der Waals surface area contributed by atoms with Crippen molar-refractivity contribution < 1.29 is 4.79 Å². The molecule has 0 rings (SSSR count). The second-order valence-electron chi connectivity index (χ2n) is 7.59. The topological polar surface area (TPSA) is 43.1 Å². The van der Waals surface area contributed by atoms with Crippen LogP contribution in [0.3, 0.4) is 0 Å². The number of hydrogen-bond donors (Lipinski definition) is 1. The van der Waals surface area contributed by atoms with E-state index in [1.807, 2.05) is 13.8 Å². The summed E-state index contributed by atoms with van der Waals surface area (Å²) in [6, 6.07) is 0. The van der Waals surface area contributed by atoms with Crippen LogP contribution in [-0.2, 0) is 4.79 Å². The highest BCUT2D eigenvalue weighted by atomic mass is 16.1. The molecule has 0 aromatic carbocycles. The first kappa shape index (κ1) is 21.5. The Morgan fingerprint density at radius 1 is 0.682 bits per heavy atom. The van der Waals surface area contributed by atoms with Crippen LogP contribution in [0.2, 0.25) is 0 Å². The second kappa shape index (κ2) is 14.1. The Balaban J connectivity index is 3.16. The lowest BCUT2D eigenvalue weighted by Crippen LogP contribution is -2.31. The lowest BCUT2D eigenvalue weighted by molar-refractivity contribution is -0.126. The molecule has 2 heteroatoms. The molecule has 0 atom stereocenters. The van der Waals surface area contributed by atoms with Gasteiger partial charge >= 0.3 is 0 Å². The van der Waals surface area contributed by atoms with Crippen molar-refractivity contribution in [3.8, 4) is 0 Å². The molecule has 132 valence electrons. The van der Waals surface area contributed by atoms with Crippen LogP contribution in [0, 0.1) is 5.41 Å². The van der Waals surface area contributed by atoms with Gasteiger partial charge in [0.2, 0.25) is 5.91 Å². The molecule has 0 aromatic heterocycles. The van der Waals surface area contributed by atoms with Gasteiger partial charge < -0.3 is 5.73 Å². The van der Waals surface area contributed by atoms with Crippen LogP contribution >= 0.6 is 0 Å². The number of carbonyl (C=O) groups excluding carboxylic acids is 1. The van der Waals surface area contributed by atoms with E-state index in [1.165, 1.54) is 83.5 Å². The standard InChI is InChI=1S/C20H41NO/c1-4-5-6-7-8-9-10-11-12-13-14-15-16-17-18-20(2,3)19(21)22/h4-18H2,1-3H3,(H2,21,22). The van der Waals surface area contributed by atoms with Gasteiger partial charge in [0.25, 0.3) is 0 Å². The third kappa shape index (κ3) is 13.2. The Kier molecular flexibility index (Phi) is 13.7. The first-order chi connectivity index (χ1) is 10.5. The molecule has 0 aliphatic carbocycles. The van der Waals surface area contributed by atoms with Gasteiger partial charge in [-0.3, -0.25) is 4.79 Å². The van der Waals surface area contributed by atoms with Gasteiger partial charge in [0.05, 0.1) is 0 Å². The van der Waals surface area contributed by atoms with Gasteiger partial charge in [-0.25, -0.2) is 0 Å². The molecule has 1 amide bonds. The van der Waals surface area contributed by atoms with Crippen LogP contribution in [0.25, 0.3) is 0 Å². The van der Waals surface area contributed by atoms with Crippen LogP contribution in [0.1, 0.15) is 117 Å². The summed E-state index contributed by atoms with van der Waals surface area (Å²) >= 11 is 0. The average molecular weight is 312 g/mol. The zero-order valence-corrected chi connectivity index (χ0v) is 15.6. The summed E-state index contributed by atoms with van der Waals surface area (Å²) in [5.41, 5.74) is 5.06. The van der Waals surface area contributed by atoms with E-state index >= 15 is 0 Å². The van der Waals surface area contributed by atoms with E-state index < -0.39 is 0 Å². The molecule has 0 unspecified atom stereocenters. The number of primary amides is 1. The highest BCUT2D eigenvalue weighted by molar-refractivity contribution is 5.79. The van der Waals surface area contributed by atoms with Gasteiger partial charge in [-0.2, -0.15) is 0 Å². The van der Waals surface area contributed by atoms with Crippen molar-refractivity contribution in [3.05, 3.63) is 0 Å². The minimum Gasteiger partial charge on any atom is -0.369 e. The Morgan fingerprint density at radius 3 is 1.32 bits per heavy atom. The van der Waals surface area contributed by atoms with Gasteiger partial charge in [-0.1, -0.05) is 111 Å². The predicted octanol–water partition coefficient (Wildman–Crippen LogP) is 6.37. The maximum atomic E-state index is 11.2. The zero-order chi connectivity index (χ0) is 16.7. The number of nitrogens with two attached hydrogens (primary N) is 1. The number of rotatable bonds is 16. The summed E-state index contributed by atoms with van der Waals surface area (Å²) in [6.45, 7) is 6.19. The minimum atomic E-state index is -0.322. The molecule has 0 aliphatic heterocycles. The van der Waals surface area contributed by atoms with E-state index in [9.17, 15) is 4.79 Å². The summed E-state index contributed by atoms with van der Waals surface area (Å²) in [4.78, 5) is 11.2. The van der Waals surface area contributed by atoms with E-state index in [0.29, 0.717) is 0 Å². The maximum Gasteiger partial charge on any atom is 0.223 e. The largest absolute Gasteiger partial charge is 0.369 e. The summed E-state index contributed by atoms with van der Waals surface area (Å²) in [5.74, 6) is -0.165. The first-order valence-corrected chi connectivity index (χ1v) is 9.80. The third-order valence-corrected chi connectivity index (χ3v) is 4.82. The molecule has 0 saturated heterocycles. The maximum absolute atomic E-state index is 11.2. The van der Waals surface area contributed by atoms with Crippen molar-refractivity contribution in [2.24, 2.45) is 11.1 Å². The molecule has 2 N–H and O–H groups in total. The SMILES string of the molecule is CCCCCCCCCCCCCCCCC(C)(C)C(N)=O. The third-order valence-electron chi connectivity index (χ3n) is 4.82. The van der Waals surface area contributed by atoms with Gasteiger partial charge in [0.15, 0.2) is 0 Å². The fourth-order valence-electron chi connectivity index (χ4n) is 2.88. The number of hydrogen-bond acceptors (Lipinski definition) is 1. The molecule has 0 radical (unpaired) electrons. The van der Waals surface area contributed by atoms with Crippen molar-refractivity contribution in [2.75, 3.05) is 0 Å². The Morgan fingerprint density at radius 2 is 1.00 bits per heavy atom. The number of carbonyl (C=O) groups is 1. The number of amides is 1.